The SMILES string of the molecule is COc1ccc(CC(=O)Nc2cccc(C3NC(=O)NC3=O)c2)cc1. The lowest BCUT2D eigenvalue weighted by molar-refractivity contribution is -0.120. The van der Waals surface area contributed by atoms with Crippen LogP contribution >= 0.6 is 0 Å². The highest BCUT2D eigenvalue weighted by Gasteiger charge is 2.30. The molecule has 4 amide bonds. The van der Waals surface area contributed by atoms with Crippen molar-refractivity contribution in [3.63, 3.8) is 0 Å². The summed E-state index contributed by atoms with van der Waals surface area (Å²) in [5.41, 5.74) is 2.02. The quantitative estimate of drug-likeness (QED) is 0.723. The predicted molar refractivity (Wildman–Crippen MR) is 91.2 cm³/mol. The third-order valence-corrected chi connectivity index (χ3v) is 3.80. The van der Waals surface area contributed by atoms with Crippen molar-refractivity contribution in [1.82, 2.24) is 10.6 Å². The van der Waals surface area contributed by atoms with Gasteiger partial charge in [0.25, 0.3) is 5.91 Å². The first-order chi connectivity index (χ1) is 12.0. The van der Waals surface area contributed by atoms with Crippen molar-refractivity contribution in [2.45, 2.75) is 12.5 Å². The number of carbonyl (C=O) groups excluding carboxylic acids is 3. The predicted octanol–water partition coefficient (Wildman–Crippen LogP) is 1.76. The number of nitrogens with one attached hydrogen (secondary N) is 3. The van der Waals surface area contributed by atoms with Crippen LogP contribution in [0.4, 0.5) is 10.5 Å². The van der Waals surface area contributed by atoms with Crippen molar-refractivity contribution in [2.24, 2.45) is 0 Å². The Morgan fingerprint density at radius 2 is 1.92 bits per heavy atom. The fourth-order valence-corrected chi connectivity index (χ4v) is 2.58. The van der Waals surface area contributed by atoms with Crippen LogP contribution in [-0.4, -0.2) is 25.0 Å². The Labute approximate surface area is 144 Å². The zero-order valence-electron chi connectivity index (χ0n) is 13.5. The van der Waals surface area contributed by atoms with Gasteiger partial charge in [0.2, 0.25) is 5.91 Å². The summed E-state index contributed by atoms with van der Waals surface area (Å²) < 4.78 is 5.08. The molecule has 0 saturated carbocycles. The first-order valence-electron chi connectivity index (χ1n) is 7.69. The van der Waals surface area contributed by atoms with Crippen LogP contribution in [0, 0.1) is 0 Å². The number of carbonyl (C=O) groups is 3. The number of hydrogen-bond acceptors (Lipinski definition) is 4. The molecule has 1 fully saturated rings. The fourth-order valence-electron chi connectivity index (χ4n) is 2.58. The average Bonchev–Trinajstić information content (AvgIpc) is 2.94. The minimum absolute atomic E-state index is 0.178. The second-order valence-corrected chi connectivity index (χ2v) is 5.59. The van der Waals surface area contributed by atoms with E-state index in [1.54, 1.807) is 43.5 Å². The summed E-state index contributed by atoms with van der Waals surface area (Å²) in [5.74, 6) is 0.141. The number of imide groups is 1. The summed E-state index contributed by atoms with van der Waals surface area (Å²) in [4.78, 5) is 35.1. The van der Waals surface area contributed by atoms with E-state index in [-0.39, 0.29) is 12.3 Å². The number of amides is 4. The van der Waals surface area contributed by atoms with Crippen LogP contribution in [-0.2, 0) is 16.0 Å². The first kappa shape index (κ1) is 16.5. The molecule has 7 nitrogen and oxygen atoms in total. The Bertz CT molecular complexity index is 817. The van der Waals surface area contributed by atoms with Gasteiger partial charge < -0.3 is 15.4 Å². The van der Waals surface area contributed by atoms with Crippen LogP contribution < -0.4 is 20.7 Å². The molecule has 3 rings (SSSR count). The molecule has 0 aromatic heterocycles. The van der Waals surface area contributed by atoms with E-state index in [0.717, 1.165) is 11.3 Å². The number of urea groups is 1. The molecular formula is C18H17N3O4. The molecule has 128 valence electrons. The van der Waals surface area contributed by atoms with E-state index >= 15 is 0 Å². The maximum Gasteiger partial charge on any atom is 0.322 e. The zero-order chi connectivity index (χ0) is 17.8. The van der Waals surface area contributed by atoms with Gasteiger partial charge in [-0.05, 0) is 35.4 Å². The third kappa shape index (κ3) is 3.95. The van der Waals surface area contributed by atoms with E-state index in [0.29, 0.717) is 11.3 Å². The maximum absolute atomic E-state index is 12.2. The van der Waals surface area contributed by atoms with E-state index in [4.69, 9.17) is 4.74 Å². The molecule has 1 unspecified atom stereocenters. The van der Waals surface area contributed by atoms with E-state index in [1.807, 2.05) is 12.1 Å². The summed E-state index contributed by atoms with van der Waals surface area (Å²) in [6, 6.07) is 12.8. The Hall–Kier alpha value is -3.35. The van der Waals surface area contributed by atoms with Crippen molar-refractivity contribution in [1.29, 1.82) is 0 Å². The van der Waals surface area contributed by atoms with Crippen molar-refractivity contribution >= 4 is 23.5 Å². The summed E-state index contributed by atoms with van der Waals surface area (Å²) >= 11 is 0. The lowest BCUT2D eigenvalue weighted by atomic mass is 10.1. The van der Waals surface area contributed by atoms with Gasteiger partial charge >= 0.3 is 6.03 Å². The summed E-state index contributed by atoms with van der Waals surface area (Å²) in [6.45, 7) is 0. The second-order valence-electron chi connectivity index (χ2n) is 5.59. The molecule has 2 aromatic rings. The molecule has 1 aliphatic rings. The van der Waals surface area contributed by atoms with Gasteiger partial charge in [-0.15, -0.1) is 0 Å². The molecule has 0 radical (unpaired) electrons. The van der Waals surface area contributed by atoms with Crippen LogP contribution in [0.2, 0.25) is 0 Å². The standard InChI is InChI=1S/C18H17N3O4/c1-25-14-7-5-11(6-8-14)9-15(22)19-13-4-2-3-12(10-13)16-17(23)21-18(24)20-16/h2-8,10,16H,9H2,1H3,(H,19,22)(H2,20,21,23,24). The van der Waals surface area contributed by atoms with Gasteiger partial charge in [-0.25, -0.2) is 4.79 Å². The van der Waals surface area contributed by atoms with Gasteiger partial charge in [-0.1, -0.05) is 24.3 Å². The van der Waals surface area contributed by atoms with Gasteiger partial charge in [0.05, 0.1) is 13.5 Å². The monoisotopic (exact) mass is 339 g/mol. The number of rotatable bonds is 5. The lowest BCUT2D eigenvalue weighted by Gasteiger charge is -2.11. The molecule has 1 atom stereocenters. The largest absolute Gasteiger partial charge is 0.497 e. The number of benzene rings is 2. The van der Waals surface area contributed by atoms with Crippen LogP contribution in [0.5, 0.6) is 5.75 Å². The summed E-state index contributed by atoms with van der Waals surface area (Å²) in [5, 5.41) is 7.50. The number of ether oxygens (including phenoxy) is 1. The first-order valence-corrected chi connectivity index (χ1v) is 7.69. The van der Waals surface area contributed by atoms with E-state index in [9.17, 15) is 14.4 Å². The van der Waals surface area contributed by atoms with Crippen molar-refractivity contribution in [3.05, 3.63) is 59.7 Å². The second kappa shape index (κ2) is 7.04. The Kier molecular flexibility index (Phi) is 4.65. The molecule has 1 heterocycles. The Morgan fingerprint density at radius 3 is 2.56 bits per heavy atom. The maximum atomic E-state index is 12.2. The molecular weight excluding hydrogens is 322 g/mol. The Balaban J connectivity index is 1.66. The molecule has 3 N–H and O–H groups in total. The highest BCUT2D eigenvalue weighted by atomic mass is 16.5. The van der Waals surface area contributed by atoms with Gasteiger partial charge in [-0.3, -0.25) is 14.9 Å². The molecule has 0 spiro atoms. The zero-order valence-corrected chi connectivity index (χ0v) is 13.5. The summed E-state index contributed by atoms with van der Waals surface area (Å²) in [6.07, 6.45) is 0.217. The van der Waals surface area contributed by atoms with Crippen molar-refractivity contribution < 1.29 is 19.1 Å². The molecule has 2 aromatic carbocycles. The minimum Gasteiger partial charge on any atom is -0.497 e. The molecule has 1 saturated heterocycles. The smallest absolute Gasteiger partial charge is 0.322 e. The molecule has 0 aliphatic carbocycles. The summed E-state index contributed by atoms with van der Waals surface area (Å²) in [7, 11) is 1.59. The fraction of sp³-hybridized carbons (Fsp3) is 0.167. The molecule has 7 heteroatoms. The lowest BCUT2D eigenvalue weighted by Crippen LogP contribution is -2.22. The molecule has 25 heavy (non-hydrogen) atoms. The van der Waals surface area contributed by atoms with Crippen LogP contribution in [0.3, 0.4) is 0 Å². The van der Waals surface area contributed by atoms with E-state index < -0.39 is 18.0 Å². The van der Waals surface area contributed by atoms with E-state index in [1.165, 1.54) is 0 Å². The van der Waals surface area contributed by atoms with Gasteiger partial charge in [0, 0.05) is 5.69 Å². The number of hydrogen-bond donors (Lipinski definition) is 3. The highest BCUT2D eigenvalue weighted by molar-refractivity contribution is 6.04. The van der Waals surface area contributed by atoms with Crippen LogP contribution in [0.25, 0.3) is 0 Å². The topological polar surface area (TPSA) is 96.5 Å². The Morgan fingerprint density at radius 1 is 1.16 bits per heavy atom. The molecule has 1 aliphatic heterocycles. The average molecular weight is 339 g/mol. The third-order valence-electron chi connectivity index (χ3n) is 3.80. The van der Waals surface area contributed by atoms with Crippen LogP contribution in [0.15, 0.2) is 48.5 Å². The normalized spacial score (nSPS) is 16.1. The van der Waals surface area contributed by atoms with Gasteiger partial charge in [-0.2, -0.15) is 0 Å². The number of anilines is 1. The molecule has 0 bridgehead atoms. The van der Waals surface area contributed by atoms with Gasteiger partial charge in [0.1, 0.15) is 11.8 Å². The highest BCUT2D eigenvalue weighted by Crippen LogP contribution is 2.20. The number of methoxy groups -OCH3 is 1. The van der Waals surface area contributed by atoms with E-state index in [2.05, 4.69) is 16.0 Å². The van der Waals surface area contributed by atoms with Crippen LogP contribution in [0.1, 0.15) is 17.2 Å². The minimum atomic E-state index is -0.744. The van der Waals surface area contributed by atoms with Gasteiger partial charge in [0.15, 0.2) is 0 Å². The van der Waals surface area contributed by atoms with Crippen molar-refractivity contribution in [2.75, 3.05) is 12.4 Å². The van der Waals surface area contributed by atoms with Crippen molar-refractivity contribution in [3.8, 4) is 5.75 Å².